The largest absolute Gasteiger partial charge is 0.333 e. The Balaban J connectivity index is 1.85. The number of hydrogen-bond acceptors (Lipinski definition) is 3. The van der Waals surface area contributed by atoms with E-state index in [0.29, 0.717) is 5.92 Å². The Morgan fingerprint density at radius 3 is 2.84 bits per heavy atom. The third-order valence-electron chi connectivity index (χ3n) is 3.06. The summed E-state index contributed by atoms with van der Waals surface area (Å²) >= 11 is 0. The molecular formula is C14H23N5. The summed E-state index contributed by atoms with van der Waals surface area (Å²) in [4.78, 5) is 4.24. The highest BCUT2D eigenvalue weighted by Gasteiger charge is 2.03. The fraction of sp³-hybridized carbons (Fsp3) is 0.571. The summed E-state index contributed by atoms with van der Waals surface area (Å²) in [5.41, 5.74) is 2.50. The van der Waals surface area contributed by atoms with Crippen LogP contribution in [-0.2, 0) is 26.6 Å². The Morgan fingerprint density at radius 2 is 2.16 bits per heavy atom. The monoisotopic (exact) mass is 261 g/mol. The van der Waals surface area contributed by atoms with Crippen molar-refractivity contribution in [1.82, 2.24) is 24.6 Å². The van der Waals surface area contributed by atoms with E-state index in [2.05, 4.69) is 40.0 Å². The van der Waals surface area contributed by atoms with Crippen molar-refractivity contribution in [2.45, 2.75) is 33.4 Å². The Hall–Kier alpha value is -1.62. The van der Waals surface area contributed by atoms with Crippen LogP contribution in [-0.4, -0.2) is 25.9 Å². The van der Waals surface area contributed by atoms with E-state index in [1.165, 1.54) is 11.3 Å². The second-order valence-electron chi connectivity index (χ2n) is 5.38. The number of aromatic nitrogens is 4. The molecule has 0 saturated heterocycles. The van der Waals surface area contributed by atoms with Crippen LogP contribution in [0.5, 0.6) is 0 Å². The first-order chi connectivity index (χ1) is 9.15. The second-order valence-corrected chi connectivity index (χ2v) is 5.38. The van der Waals surface area contributed by atoms with Gasteiger partial charge in [-0.3, -0.25) is 4.68 Å². The molecular weight excluding hydrogens is 238 g/mol. The van der Waals surface area contributed by atoms with Gasteiger partial charge in [0.15, 0.2) is 0 Å². The number of imidazole rings is 1. The van der Waals surface area contributed by atoms with Crippen LogP contribution in [0.3, 0.4) is 0 Å². The molecule has 19 heavy (non-hydrogen) atoms. The molecule has 2 aromatic rings. The fourth-order valence-electron chi connectivity index (χ4n) is 2.04. The third kappa shape index (κ3) is 4.21. The molecule has 5 heteroatoms. The lowest BCUT2D eigenvalue weighted by Crippen LogP contribution is -2.21. The Bertz CT molecular complexity index is 497. The molecule has 1 N–H and O–H groups in total. The zero-order valence-corrected chi connectivity index (χ0v) is 12.0. The fourth-order valence-corrected chi connectivity index (χ4v) is 2.04. The number of rotatable bonds is 7. The van der Waals surface area contributed by atoms with E-state index in [9.17, 15) is 0 Å². The zero-order chi connectivity index (χ0) is 13.7. The quantitative estimate of drug-likeness (QED) is 0.823. The molecule has 0 aliphatic heterocycles. The Labute approximate surface area is 114 Å². The van der Waals surface area contributed by atoms with E-state index in [1.807, 2.05) is 30.5 Å². The lowest BCUT2D eigenvalue weighted by Gasteiger charge is -2.10. The standard InChI is InChI=1S/C14H23N5/c1-12(2)6-15-8-14-9-16-11-19(14)5-4-13-7-17-18(3)10-13/h7,9-12,15H,4-6,8H2,1-3H3. The van der Waals surface area contributed by atoms with Crippen molar-refractivity contribution in [3.8, 4) is 0 Å². The van der Waals surface area contributed by atoms with Crippen molar-refractivity contribution in [3.05, 3.63) is 36.2 Å². The van der Waals surface area contributed by atoms with Gasteiger partial charge in [0.2, 0.25) is 0 Å². The highest BCUT2D eigenvalue weighted by atomic mass is 15.2. The number of nitrogens with one attached hydrogen (secondary N) is 1. The molecule has 2 rings (SSSR count). The maximum Gasteiger partial charge on any atom is 0.0948 e. The van der Waals surface area contributed by atoms with Crippen LogP contribution < -0.4 is 5.32 Å². The maximum absolute atomic E-state index is 4.24. The molecule has 0 amide bonds. The molecule has 2 aromatic heterocycles. The molecule has 0 unspecified atom stereocenters. The van der Waals surface area contributed by atoms with Gasteiger partial charge >= 0.3 is 0 Å². The minimum Gasteiger partial charge on any atom is -0.333 e. The predicted octanol–water partition coefficient (Wildman–Crippen LogP) is 1.60. The van der Waals surface area contributed by atoms with Crippen molar-refractivity contribution in [2.24, 2.45) is 13.0 Å². The summed E-state index contributed by atoms with van der Waals surface area (Å²) in [6, 6.07) is 0. The van der Waals surface area contributed by atoms with E-state index in [4.69, 9.17) is 0 Å². The summed E-state index contributed by atoms with van der Waals surface area (Å²) in [6.07, 6.45) is 8.82. The van der Waals surface area contributed by atoms with Crippen LogP contribution in [0.1, 0.15) is 25.1 Å². The van der Waals surface area contributed by atoms with E-state index in [-0.39, 0.29) is 0 Å². The molecule has 0 aliphatic carbocycles. The van der Waals surface area contributed by atoms with Gasteiger partial charge in [0, 0.05) is 32.5 Å². The van der Waals surface area contributed by atoms with Crippen molar-refractivity contribution in [3.63, 3.8) is 0 Å². The van der Waals surface area contributed by atoms with E-state index >= 15 is 0 Å². The van der Waals surface area contributed by atoms with Gasteiger partial charge in [-0.15, -0.1) is 0 Å². The SMILES string of the molecule is CC(C)CNCc1cncn1CCc1cnn(C)c1. The van der Waals surface area contributed by atoms with Crippen LogP contribution >= 0.6 is 0 Å². The Kier molecular flexibility index (Phi) is 4.74. The number of nitrogens with zero attached hydrogens (tertiary/aromatic N) is 4. The molecule has 0 fully saturated rings. The van der Waals surface area contributed by atoms with Gasteiger partial charge in [0.05, 0.1) is 18.2 Å². The molecule has 2 heterocycles. The minimum absolute atomic E-state index is 0.673. The molecule has 0 saturated carbocycles. The van der Waals surface area contributed by atoms with E-state index in [0.717, 1.165) is 26.1 Å². The predicted molar refractivity (Wildman–Crippen MR) is 75.7 cm³/mol. The first-order valence-electron chi connectivity index (χ1n) is 6.82. The van der Waals surface area contributed by atoms with E-state index in [1.54, 1.807) is 0 Å². The second kappa shape index (κ2) is 6.52. The van der Waals surface area contributed by atoms with Gasteiger partial charge in [-0.25, -0.2) is 4.98 Å². The van der Waals surface area contributed by atoms with Crippen LogP contribution in [0, 0.1) is 5.92 Å². The highest BCUT2D eigenvalue weighted by Crippen LogP contribution is 2.04. The smallest absolute Gasteiger partial charge is 0.0948 e. The summed E-state index contributed by atoms with van der Waals surface area (Å²) < 4.78 is 4.05. The molecule has 0 aliphatic rings. The normalized spacial score (nSPS) is 11.4. The summed E-state index contributed by atoms with van der Waals surface area (Å²) in [6.45, 7) is 7.29. The molecule has 5 nitrogen and oxygen atoms in total. The van der Waals surface area contributed by atoms with Gasteiger partial charge in [-0.2, -0.15) is 5.10 Å². The number of hydrogen-bond donors (Lipinski definition) is 1. The topological polar surface area (TPSA) is 47.7 Å². The first kappa shape index (κ1) is 13.8. The molecule has 0 atom stereocenters. The van der Waals surface area contributed by atoms with Crippen molar-refractivity contribution in [1.29, 1.82) is 0 Å². The van der Waals surface area contributed by atoms with Gasteiger partial charge in [-0.1, -0.05) is 13.8 Å². The maximum atomic E-state index is 4.24. The molecule has 0 bridgehead atoms. The molecule has 0 radical (unpaired) electrons. The van der Waals surface area contributed by atoms with Crippen molar-refractivity contribution >= 4 is 0 Å². The van der Waals surface area contributed by atoms with Crippen LogP contribution in [0.25, 0.3) is 0 Å². The molecule has 104 valence electrons. The average molecular weight is 261 g/mol. The van der Waals surface area contributed by atoms with Gasteiger partial charge < -0.3 is 9.88 Å². The number of aryl methyl sites for hydroxylation is 3. The van der Waals surface area contributed by atoms with E-state index < -0.39 is 0 Å². The highest BCUT2D eigenvalue weighted by molar-refractivity contribution is 5.05. The lowest BCUT2D eigenvalue weighted by molar-refractivity contribution is 0.534. The lowest BCUT2D eigenvalue weighted by atomic mass is 10.2. The molecule has 0 aromatic carbocycles. The molecule has 0 spiro atoms. The van der Waals surface area contributed by atoms with Crippen LogP contribution in [0.2, 0.25) is 0 Å². The van der Waals surface area contributed by atoms with Crippen molar-refractivity contribution < 1.29 is 0 Å². The van der Waals surface area contributed by atoms with Gasteiger partial charge in [0.1, 0.15) is 0 Å². The Morgan fingerprint density at radius 1 is 1.32 bits per heavy atom. The van der Waals surface area contributed by atoms with Gasteiger partial charge in [-0.05, 0) is 24.4 Å². The summed E-state index contributed by atoms with van der Waals surface area (Å²) in [7, 11) is 1.95. The van der Waals surface area contributed by atoms with Crippen LogP contribution in [0.4, 0.5) is 0 Å². The first-order valence-corrected chi connectivity index (χ1v) is 6.82. The average Bonchev–Trinajstić information content (AvgIpc) is 2.95. The zero-order valence-electron chi connectivity index (χ0n) is 12.0. The van der Waals surface area contributed by atoms with Gasteiger partial charge in [0.25, 0.3) is 0 Å². The van der Waals surface area contributed by atoms with Crippen LogP contribution in [0.15, 0.2) is 24.9 Å². The van der Waals surface area contributed by atoms with Crippen molar-refractivity contribution in [2.75, 3.05) is 6.54 Å². The minimum atomic E-state index is 0.673. The summed E-state index contributed by atoms with van der Waals surface area (Å²) in [5, 5.41) is 7.64. The third-order valence-corrected chi connectivity index (χ3v) is 3.06. The summed E-state index contributed by atoms with van der Waals surface area (Å²) in [5.74, 6) is 0.673.